The van der Waals surface area contributed by atoms with Crippen LogP contribution in [-0.4, -0.2) is 30.7 Å². The van der Waals surface area contributed by atoms with E-state index in [0.717, 1.165) is 42.9 Å². The van der Waals surface area contributed by atoms with Crippen LogP contribution in [0.25, 0.3) is 11.3 Å². The molecule has 5 heteroatoms. The van der Waals surface area contributed by atoms with Crippen molar-refractivity contribution in [1.29, 1.82) is 0 Å². The fourth-order valence-electron chi connectivity index (χ4n) is 2.35. The van der Waals surface area contributed by atoms with Crippen LogP contribution in [0.5, 0.6) is 0 Å². The van der Waals surface area contributed by atoms with Crippen LogP contribution in [0, 0.1) is 0 Å². The molecule has 0 aliphatic heterocycles. The Morgan fingerprint density at radius 3 is 2.85 bits per heavy atom. The molecule has 2 aromatic rings. The molecule has 0 fully saturated rings. The van der Waals surface area contributed by atoms with Gasteiger partial charge in [-0.3, -0.25) is 4.68 Å². The summed E-state index contributed by atoms with van der Waals surface area (Å²) in [6.07, 6.45) is 5.49. The molecular weight excluding hydrogens is 247 g/mol. The van der Waals surface area contributed by atoms with Gasteiger partial charge >= 0.3 is 0 Å². The van der Waals surface area contributed by atoms with E-state index in [1.807, 2.05) is 17.9 Å². The molecule has 0 atom stereocenters. The molecule has 0 aliphatic carbocycles. The van der Waals surface area contributed by atoms with Crippen molar-refractivity contribution < 1.29 is 0 Å². The fraction of sp³-hybridized carbons (Fsp3) is 0.400. The Kier molecular flexibility index (Phi) is 5.24. The number of aryl methyl sites for hydroxylation is 1. The number of rotatable bonds is 7. The molecule has 106 valence electrons. The zero-order chi connectivity index (χ0) is 14.4. The molecule has 1 heterocycles. The van der Waals surface area contributed by atoms with E-state index in [2.05, 4.69) is 42.5 Å². The minimum absolute atomic E-state index is 0.786. The van der Waals surface area contributed by atoms with Crippen molar-refractivity contribution >= 4 is 19.0 Å². The van der Waals surface area contributed by atoms with Crippen molar-refractivity contribution in [3.8, 4) is 11.3 Å². The maximum atomic E-state index is 5.49. The highest BCUT2D eigenvalue weighted by atomic mass is 15.2. The van der Waals surface area contributed by atoms with Crippen molar-refractivity contribution in [1.82, 2.24) is 9.78 Å². The van der Waals surface area contributed by atoms with Gasteiger partial charge in [-0.2, -0.15) is 5.10 Å². The first-order valence-corrected chi connectivity index (χ1v) is 7.25. The van der Waals surface area contributed by atoms with E-state index in [1.54, 1.807) is 0 Å². The second kappa shape index (κ2) is 7.15. The lowest BCUT2D eigenvalue weighted by Crippen LogP contribution is -2.05. The summed E-state index contributed by atoms with van der Waals surface area (Å²) < 4.78 is 1.86. The molecule has 0 radical (unpaired) electrons. The molecule has 1 aromatic heterocycles. The summed E-state index contributed by atoms with van der Waals surface area (Å²) >= 11 is 0. The maximum absolute atomic E-state index is 5.49. The average Bonchev–Trinajstić information content (AvgIpc) is 2.78. The van der Waals surface area contributed by atoms with Gasteiger partial charge in [0.1, 0.15) is 7.85 Å². The van der Waals surface area contributed by atoms with Crippen LogP contribution in [0.15, 0.2) is 30.5 Å². The van der Waals surface area contributed by atoms with Gasteiger partial charge in [0, 0.05) is 31.0 Å². The molecule has 0 unspecified atom stereocenters. The van der Waals surface area contributed by atoms with E-state index in [-0.39, 0.29) is 0 Å². The zero-order valence-corrected chi connectivity index (χ0v) is 12.4. The van der Waals surface area contributed by atoms with Crippen LogP contribution >= 0.6 is 0 Å². The molecule has 3 N–H and O–H groups in total. The number of benzene rings is 1. The van der Waals surface area contributed by atoms with Gasteiger partial charge in [-0.05, 0) is 37.0 Å². The molecule has 2 rings (SSSR count). The largest absolute Gasteiger partial charge is 0.385 e. The normalized spacial score (nSPS) is 10.7. The Labute approximate surface area is 121 Å². The lowest BCUT2D eigenvalue weighted by atomic mass is 9.93. The Bertz CT molecular complexity index is 551. The first kappa shape index (κ1) is 14.7. The number of nitrogens with zero attached hydrogens (tertiary/aromatic N) is 2. The third kappa shape index (κ3) is 3.87. The van der Waals surface area contributed by atoms with Crippen molar-refractivity contribution in [2.45, 2.75) is 19.3 Å². The van der Waals surface area contributed by atoms with Crippen LogP contribution in [-0.2, 0) is 7.05 Å². The summed E-state index contributed by atoms with van der Waals surface area (Å²) in [6, 6.07) is 8.45. The van der Waals surface area contributed by atoms with Crippen molar-refractivity contribution in [2.75, 3.05) is 18.4 Å². The van der Waals surface area contributed by atoms with Crippen LogP contribution in [0.3, 0.4) is 0 Å². The van der Waals surface area contributed by atoms with Gasteiger partial charge in [-0.1, -0.05) is 18.6 Å². The zero-order valence-electron chi connectivity index (χ0n) is 12.4. The lowest BCUT2D eigenvalue weighted by molar-refractivity contribution is 0.707. The Balaban J connectivity index is 1.99. The minimum atomic E-state index is 0.786. The number of anilines is 1. The van der Waals surface area contributed by atoms with Gasteiger partial charge in [0.25, 0.3) is 0 Å². The average molecular weight is 270 g/mol. The number of unbranched alkanes of at least 4 members (excludes halogenated alkanes) is 2. The van der Waals surface area contributed by atoms with Crippen molar-refractivity contribution in [3.63, 3.8) is 0 Å². The van der Waals surface area contributed by atoms with Crippen LogP contribution < -0.4 is 16.5 Å². The van der Waals surface area contributed by atoms with E-state index in [4.69, 9.17) is 5.73 Å². The summed E-state index contributed by atoms with van der Waals surface area (Å²) in [5, 5.41) is 7.98. The summed E-state index contributed by atoms with van der Waals surface area (Å²) in [5.41, 5.74) is 10.1. The molecule has 4 nitrogen and oxygen atoms in total. The predicted octanol–water partition coefficient (Wildman–Crippen LogP) is 0.886. The van der Waals surface area contributed by atoms with Crippen molar-refractivity contribution in [3.05, 3.63) is 30.5 Å². The number of hydrogen-bond acceptors (Lipinski definition) is 3. The maximum Gasteiger partial charge on any atom is 0.144 e. The highest BCUT2D eigenvalue weighted by Crippen LogP contribution is 2.19. The predicted molar refractivity (Wildman–Crippen MR) is 88.2 cm³/mol. The van der Waals surface area contributed by atoms with Gasteiger partial charge in [0.15, 0.2) is 0 Å². The second-order valence-corrected chi connectivity index (χ2v) is 5.19. The molecule has 0 spiro atoms. The monoisotopic (exact) mass is 270 g/mol. The van der Waals surface area contributed by atoms with Crippen LogP contribution in [0.2, 0.25) is 0 Å². The number of hydrogen-bond donors (Lipinski definition) is 2. The fourth-order valence-corrected chi connectivity index (χ4v) is 2.35. The van der Waals surface area contributed by atoms with Crippen LogP contribution in [0.1, 0.15) is 19.3 Å². The van der Waals surface area contributed by atoms with E-state index in [1.165, 1.54) is 11.9 Å². The Morgan fingerprint density at radius 1 is 1.30 bits per heavy atom. The molecule has 0 saturated heterocycles. The third-order valence-electron chi connectivity index (χ3n) is 3.36. The molecule has 0 bridgehead atoms. The van der Waals surface area contributed by atoms with E-state index < -0.39 is 0 Å². The molecule has 1 aromatic carbocycles. The summed E-state index contributed by atoms with van der Waals surface area (Å²) in [4.78, 5) is 0. The molecular formula is C15H23BN4. The topological polar surface area (TPSA) is 55.9 Å². The standard InChI is InChI=1S/C15H23BN4/c1-20-11-14(16)15(19-20)12-6-5-7-13(10-12)18-9-4-2-3-8-17/h5-7,10-11,18H,2-4,8-9,16-17H2,1H3. The number of nitrogens with two attached hydrogens (primary N) is 1. The Morgan fingerprint density at radius 2 is 2.15 bits per heavy atom. The van der Waals surface area contributed by atoms with Gasteiger partial charge < -0.3 is 11.1 Å². The minimum Gasteiger partial charge on any atom is -0.385 e. The van der Waals surface area contributed by atoms with Gasteiger partial charge in [0.2, 0.25) is 0 Å². The van der Waals surface area contributed by atoms with E-state index >= 15 is 0 Å². The van der Waals surface area contributed by atoms with E-state index in [0.29, 0.717) is 0 Å². The van der Waals surface area contributed by atoms with Gasteiger partial charge in [-0.25, -0.2) is 0 Å². The molecule has 0 aliphatic rings. The highest BCUT2D eigenvalue weighted by molar-refractivity contribution is 6.35. The smallest absolute Gasteiger partial charge is 0.144 e. The van der Waals surface area contributed by atoms with Gasteiger partial charge in [0.05, 0.1) is 5.69 Å². The number of aromatic nitrogens is 2. The summed E-state index contributed by atoms with van der Waals surface area (Å²) in [7, 11) is 4.05. The lowest BCUT2D eigenvalue weighted by Gasteiger charge is -2.08. The van der Waals surface area contributed by atoms with Crippen molar-refractivity contribution in [2.24, 2.45) is 12.8 Å². The third-order valence-corrected chi connectivity index (χ3v) is 3.36. The second-order valence-electron chi connectivity index (χ2n) is 5.19. The molecule has 0 amide bonds. The van der Waals surface area contributed by atoms with Gasteiger partial charge in [-0.15, -0.1) is 0 Å². The number of nitrogens with one attached hydrogen (secondary N) is 1. The molecule has 20 heavy (non-hydrogen) atoms. The first-order valence-electron chi connectivity index (χ1n) is 7.25. The Hall–Kier alpha value is -1.75. The summed E-state index contributed by atoms with van der Waals surface area (Å²) in [5.74, 6) is 0. The van der Waals surface area contributed by atoms with E-state index in [9.17, 15) is 0 Å². The van der Waals surface area contributed by atoms with Crippen LogP contribution in [0.4, 0.5) is 5.69 Å². The highest BCUT2D eigenvalue weighted by Gasteiger charge is 2.06. The molecule has 0 saturated carbocycles. The first-order chi connectivity index (χ1) is 9.70. The SMILES string of the molecule is Bc1cn(C)nc1-c1cccc(NCCCCCN)c1. The summed E-state index contributed by atoms with van der Waals surface area (Å²) in [6.45, 7) is 1.78. The quantitative estimate of drug-likeness (QED) is 0.580.